The number of hydrogen-bond acceptors (Lipinski definition) is 2. The van der Waals surface area contributed by atoms with Crippen molar-refractivity contribution in [3.8, 4) is 0 Å². The van der Waals surface area contributed by atoms with Crippen LogP contribution in [0.5, 0.6) is 0 Å². The van der Waals surface area contributed by atoms with E-state index in [0.717, 1.165) is 11.3 Å². The van der Waals surface area contributed by atoms with Gasteiger partial charge in [0.15, 0.2) is 0 Å². The van der Waals surface area contributed by atoms with Crippen LogP contribution in [0, 0.1) is 6.92 Å². The Labute approximate surface area is 119 Å². The highest BCUT2D eigenvalue weighted by atomic mass is 16.1. The minimum atomic E-state index is -0.306. The number of nitrogens with one attached hydrogen (secondary N) is 1. The SMILES string of the molecule is Cc1ccccc1C(C)Nc1ccc(CC(N)=O)cc1. The third-order valence-electron chi connectivity index (χ3n) is 3.37. The minimum absolute atomic E-state index is 0.234. The van der Waals surface area contributed by atoms with Crippen molar-refractivity contribution in [2.24, 2.45) is 5.73 Å². The van der Waals surface area contributed by atoms with Crippen LogP contribution in [-0.2, 0) is 11.2 Å². The molecule has 0 heterocycles. The van der Waals surface area contributed by atoms with Gasteiger partial charge in [0.05, 0.1) is 6.42 Å². The van der Waals surface area contributed by atoms with E-state index in [4.69, 9.17) is 5.73 Å². The topological polar surface area (TPSA) is 55.1 Å². The summed E-state index contributed by atoms with van der Waals surface area (Å²) < 4.78 is 0. The lowest BCUT2D eigenvalue weighted by Crippen LogP contribution is -2.13. The number of carbonyl (C=O) groups excluding carboxylic acids is 1. The van der Waals surface area contributed by atoms with Crippen LogP contribution in [0.15, 0.2) is 48.5 Å². The molecule has 0 aliphatic carbocycles. The molecule has 1 unspecified atom stereocenters. The molecule has 0 spiro atoms. The molecule has 3 heteroatoms. The Kier molecular flexibility index (Phi) is 4.41. The van der Waals surface area contributed by atoms with Gasteiger partial charge in [0.1, 0.15) is 0 Å². The fourth-order valence-electron chi connectivity index (χ4n) is 2.32. The quantitative estimate of drug-likeness (QED) is 0.875. The average Bonchev–Trinajstić information content (AvgIpc) is 2.41. The number of benzene rings is 2. The first-order chi connectivity index (χ1) is 9.56. The number of hydrogen-bond donors (Lipinski definition) is 2. The van der Waals surface area contributed by atoms with E-state index in [9.17, 15) is 4.79 Å². The van der Waals surface area contributed by atoms with Crippen molar-refractivity contribution in [3.63, 3.8) is 0 Å². The summed E-state index contributed by atoms with van der Waals surface area (Å²) in [7, 11) is 0. The average molecular weight is 268 g/mol. The number of amides is 1. The molecule has 0 bridgehead atoms. The van der Waals surface area contributed by atoms with Gasteiger partial charge in [0.2, 0.25) is 5.91 Å². The van der Waals surface area contributed by atoms with E-state index in [1.807, 2.05) is 30.3 Å². The van der Waals surface area contributed by atoms with Crippen molar-refractivity contribution in [2.75, 3.05) is 5.32 Å². The molecular formula is C17H20N2O. The Bertz CT molecular complexity index is 590. The maximum Gasteiger partial charge on any atom is 0.221 e. The first-order valence-electron chi connectivity index (χ1n) is 6.75. The zero-order chi connectivity index (χ0) is 14.5. The number of aryl methyl sites for hydroxylation is 1. The third kappa shape index (κ3) is 3.60. The fraction of sp³-hybridized carbons (Fsp3) is 0.235. The predicted octanol–water partition coefficient (Wildman–Crippen LogP) is 3.20. The zero-order valence-electron chi connectivity index (χ0n) is 11.9. The van der Waals surface area contributed by atoms with Crippen LogP contribution in [0.4, 0.5) is 5.69 Å². The van der Waals surface area contributed by atoms with Crippen LogP contribution >= 0.6 is 0 Å². The molecule has 0 saturated carbocycles. The fourth-order valence-corrected chi connectivity index (χ4v) is 2.32. The van der Waals surface area contributed by atoms with Crippen molar-refractivity contribution >= 4 is 11.6 Å². The van der Waals surface area contributed by atoms with E-state index in [-0.39, 0.29) is 18.4 Å². The van der Waals surface area contributed by atoms with Gasteiger partial charge < -0.3 is 11.1 Å². The van der Waals surface area contributed by atoms with Crippen LogP contribution in [0.3, 0.4) is 0 Å². The molecule has 0 radical (unpaired) electrons. The molecule has 3 N–H and O–H groups in total. The van der Waals surface area contributed by atoms with E-state index in [0.29, 0.717) is 0 Å². The van der Waals surface area contributed by atoms with Gasteiger partial charge in [0.25, 0.3) is 0 Å². The Hall–Kier alpha value is -2.29. The standard InChI is InChI=1S/C17H20N2O/c1-12-5-3-4-6-16(12)13(2)19-15-9-7-14(8-10-15)11-17(18)20/h3-10,13,19H,11H2,1-2H3,(H2,18,20). The highest BCUT2D eigenvalue weighted by Gasteiger charge is 2.07. The Morgan fingerprint density at radius 1 is 1.15 bits per heavy atom. The van der Waals surface area contributed by atoms with Gasteiger partial charge >= 0.3 is 0 Å². The van der Waals surface area contributed by atoms with Crippen LogP contribution in [-0.4, -0.2) is 5.91 Å². The molecule has 20 heavy (non-hydrogen) atoms. The van der Waals surface area contributed by atoms with E-state index in [1.165, 1.54) is 11.1 Å². The summed E-state index contributed by atoms with van der Waals surface area (Å²) in [4.78, 5) is 10.9. The summed E-state index contributed by atoms with van der Waals surface area (Å²) in [6, 6.07) is 16.4. The van der Waals surface area contributed by atoms with Gasteiger partial charge in [-0.1, -0.05) is 36.4 Å². The molecule has 104 valence electrons. The van der Waals surface area contributed by atoms with Gasteiger partial charge in [-0.05, 0) is 42.7 Å². The maximum absolute atomic E-state index is 10.9. The Morgan fingerprint density at radius 2 is 1.80 bits per heavy atom. The van der Waals surface area contributed by atoms with Crippen LogP contribution in [0.1, 0.15) is 29.7 Å². The second-order valence-corrected chi connectivity index (χ2v) is 5.06. The lowest BCUT2D eigenvalue weighted by atomic mass is 10.0. The summed E-state index contributed by atoms with van der Waals surface area (Å²) in [6.07, 6.45) is 0.285. The van der Waals surface area contributed by atoms with Gasteiger partial charge in [-0.2, -0.15) is 0 Å². The molecule has 2 aromatic rings. The number of primary amides is 1. The summed E-state index contributed by atoms with van der Waals surface area (Å²) in [6.45, 7) is 4.25. The van der Waals surface area contributed by atoms with Crippen molar-refractivity contribution in [1.29, 1.82) is 0 Å². The monoisotopic (exact) mass is 268 g/mol. The lowest BCUT2D eigenvalue weighted by Gasteiger charge is -2.18. The second-order valence-electron chi connectivity index (χ2n) is 5.06. The number of nitrogens with two attached hydrogens (primary N) is 1. The van der Waals surface area contributed by atoms with E-state index < -0.39 is 0 Å². The maximum atomic E-state index is 10.9. The highest BCUT2D eigenvalue weighted by molar-refractivity contribution is 5.76. The summed E-state index contributed by atoms with van der Waals surface area (Å²) in [5.74, 6) is -0.306. The lowest BCUT2D eigenvalue weighted by molar-refractivity contribution is -0.117. The molecule has 1 atom stereocenters. The minimum Gasteiger partial charge on any atom is -0.379 e. The Balaban J connectivity index is 2.06. The molecule has 2 aromatic carbocycles. The van der Waals surface area contributed by atoms with Crippen molar-refractivity contribution in [2.45, 2.75) is 26.3 Å². The molecule has 3 nitrogen and oxygen atoms in total. The third-order valence-corrected chi connectivity index (χ3v) is 3.37. The van der Waals surface area contributed by atoms with Crippen molar-refractivity contribution < 1.29 is 4.79 Å². The number of rotatable bonds is 5. The molecule has 2 rings (SSSR count). The van der Waals surface area contributed by atoms with Crippen LogP contribution in [0.2, 0.25) is 0 Å². The van der Waals surface area contributed by atoms with Crippen LogP contribution in [0.25, 0.3) is 0 Å². The molecule has 0 saturated heterocycles. The predicted molar refractivity (Wildman–Crippen MR) is 82.6 cm³/mol. The molecule has 0 aliphatic heterocycles. The molecule has 0 fully saturated rings. The highest BCUT2D eigenvalue weighted by Crippen LogP contribution is 2.22. The largest absolute Gasteiger partial charge is 0.379 e. The first-order valence-corrected chi connectivity index (χ1v) is 6.75. The van der Waals surface area contributed by atoms with E-state index in [2.05, 4.69) is 37.4 Å². The smallest absolute Gasteiger partial charge is 0.221 e. The number of anilines is 1. The van der Waals surface area contributed by atoms with Gasteiger partial charge in [-0.25, -0.2) is 0 Å². The molecular weight excluding hydrogens is 248 g/mol. The molecule has 0 aromatic heterocycles. The zero-order valence-corrected chi connectivity index (χ0v) is 11.9. The summed E-state index contributed by atoms with van der Waals surface area (Å²) in [5, 5.41) is 3.46. The van der Waals surface area contributed by atoms with Crippen molar-refractivity contribution in [1.82, 2.24) is 0 Å². The number of carbonyl (C=O) groups is 1. The second kappa shape index (κ2) is 6.24. The normalized spacial score (nSPS) is 11.9. The Morgan fingerprint density at radius 3 is 2.40 bits per heavy atom. The van der Waals surface area contributed by atoms with Crippen molar-refractivity contribution in [3.05, 3.63) is 65.2 Å². The molecule has 0 aliphatic rings. The van der Waals surface area contributed by atoms with Gasteiger partial charge in [-0.3, -0.25) is 4.79 Å². The van der Waals surface area contributed by atoms with Gasteiger partial charge in [0, 0.05) is 11.7 Å². The first kappa shape index (κ1) is 14.1. The molecule has 1 amide bonds. The van der Waals surface area contributed by atoms with E-state index >= 15 is 0 Å². The van der Waals surface area contributed by atoms with Gasteiger partial charge in [-0.15, -0.1) is 0 Å². The summed E-state index contributed by atoms with van der Waals surface area (Å²) in [5.41, 5.74) is 9.72. The summed E-state index contributed by atoms with van der Waals surface area (Å²) >= 11 is 0. The van der Waals surface area contributed by atoms with E-state index in [1.54, 1.807) is 0 Å². The van der Waals surface area contributed by atoms with Crippen LogP contribution < -0.4 is 11.1 Å².